The van der Waals surface area contributed by atoms with E-state index < -0.39 is 17.6 Å². The van der Waals surface area contributed by atoms with E-state index in [2.05, 4.69) is 15.3 Å². The highest BCUT2D eigenvalue weighted by Crippen LogP contribution is 2.29. The number of carbonyl (C=O) groups excluding carboxylic acids is 1. The molecule has 0 atom stereocenters. The van der Waals surface area contributed by atoms with Crippen LogP contribution >= 0.6 is 0 Å². The molecule has 1 aromatic carbocycles. The van der Waals surface area contributed by atoms with Crippen LogP contribution in [0, 0.1) is 0 Å². The Kier molecular flexibility index (Phi) is 4.56. The van der Waals surface area contributed by atoms with Crippen LogP contribution in [0.3, 0.4) is 0 Å². The fourth-order valence-electron chi connectivity index (χ4n) is 1.61. The van der Waals surface area contributed by atoms with Gasteiger partial charge in [-0.15, -0.1) is 0 Å². The lowest BCUT2D eigenvalue weighted by Crippen LogP contribution is -2.30. The molecule has 0 aliphatic carbocycles. The van der Waals surface area contributed by atoms with E-state index in [0.717, 1.165) is 12.1 Å². The van der Waals surface area contributed by atoms with Crippen LogP contribution in [-0.2, 0) is 12.7 Å². The molecule has 0 radical (unpaired) electrons. The normalized spacial score (nSPS) is 11.1. The van der Waals surface area contributed by atoms with Crippen LogP contribution in [0.5, 0.6) is 0 Å². The van der Waals surface area contributed by atoms with Gasteiger partial charge in [-0.05, 0) is 17.7 Å². The Morgan fingerprint density at radius 1 is 1.14 bits per heavy atom. The third-order valence-corrected chi connectivity index (χ3v) is 2.78. The Hall–Kier alpha value is -2.68. The molecule has 22 heavy (non-hydrogen) atoms. The topological polar surface area (TPSA) is 92.9 Å². The average molecular weight is 311 g/mol. The monoisotopic (exact) mass is 311 g/mol. The maximum absolute atomic E-state index is 12.4. The highest BCUT2D eigenvalue weighted by molar-refractivity contribution is 5.93. The van der Waals surface area contributed by atoms with E-state index in [1.165, 1.54) is 24.5 Å². The molecule has 2 aromatic rings. The van der Waals surface area contributed by atoms with Crippen molar-refractivity contribution in [2.24, 2.45) is 5.84 Å². The number of halogens is 3. The minimum Gasteiger partial charge on any atom is -0.350 e. The molecule has 0 aliphatic heterocycles. The van der Waals surface area contributed by atoms with E-state index in [-0.39, 0.29) is 18.1 Å². The quantitative estimate of drug-likeness (QED) is 0.454. The first-order valence-electron chi connectivity index (χ1n) is 6.13. The molecule has 1 heterocycles. The summed E-state index contributed by atoms with van der Waals surface area (Å²) in [5, 5.41) is 2.84. The van der Waals surface area contributed by atoms with E-state index >= 15 is 0 Å². The van der Waals surface area contributed by atoms with Crippen LogP contribution < -0.4 is 16.6 Å². The zero-order chi connectivity index (χ0) is 16.2. The lowest BCUT2D eigenvalue weighted by atomic mass is 10.1. The lowest BCUT2D eigenvalue weighted by molar-refractivity contribution is -0.137. The van der Waals surface area contributed by atoms with Gasteiger partial charge in [0.05, 0.1) is 11.1 Å². The van der Waals surface area contributed by atoms with Crippen LogP contribution in [0.4, 0.5) is 19.1 Å². The molecular weight excluding hydrogens is 299 g/mol. The standard InChI is InChI=1S/C13H12F3N5O/c14-13(15,16)10-3-1-8(2-4-10)5-18-12-19-6-9(7-20-12)11(22)21-17/h1-4,6-7H,5,17H2,(H,21,22)(H,18,19,20). The molecule has 0 unspecified atom stereocenters. The summed E-state index contributed by atoms with van der Waals surface area (Å²) in [4.78, 5) is 19.0. The number of benzene rings is 1. The number of rotatable bonds is 4. The second-order valence-electron chi connectivity index (χ2n) is 4.32. The first-order valence-corrected chi connectivity index (χ1v) is 6.13. The van der Waals surface area contributed by atoms with Crippen molar-refractivity contribution in [1.29, 1.82) is 0 Å². The summed E-state index contributed by atoms with van der Waals surface area (Å²) >= 11 is 0. The Balaban J connectivity index is 1.97. The molecule has 6 nitrogen and oxygen atoms in total. The van der Waals surface area contributed by atoms with Crippen molar-refractivity contribution >= 4 is 11.9 Å². The van der Waals surface area contributed by atoms with Crippen molar-refractivity contribution in [1.82, 2.24) is 15.4 Å². The predicted octanol–water partition coefficient (Wildman–Crippen LogP) is 1.71. The maximum Gasteiger partial charge on any atom is 0.416 e. The number of hydrazine groups is 1. The Morgan fingerprint density at radius 3 is 2.23 bits per heavy atom. The van der Waals surface area contributed by atoms with E-state index in [0.29, 0.717) is 5.56 Å². The van der Waals surface area contributed by atoms with Gasteiger partial charge in [0.25, 0.3) is 5.91 Å². The number of hydrogen-bond acceptors (Lipinski definition) is 5. The highest BCUT2D eigenvalue weighted by atomic mass is 19.4. The van der Waals surface area contributed by atoms with Crippen LogP contribution in [0.25, 0.3) is 0 Å². The molecule has 2 rings (SSSR count). The third kappa shape index (κ3) is 3.92. The molecule has 1 amide bonds. The minimum absolute atomic E-state index is 0.197. The number of nitrogens with two attached hydrogens (primary N) is 1. The summed E-state index contributed by atoms with van der Waals surface area (Å²) < 4.78 is 37.3. The van der Waals surface area contributed by atoms with Gasteiger partial charge in [0.15, 0.2) is 0 Å². The second-order valence-corrected chi connectivity index (χ2v) is 4.32. The van der Waals surface area contributed by atoms with Crippen molar-refractivity contribution in [3.05, 3.63) is 53.3 Å². The molecular formula is C13H12F3N5O. The SMILES string of the molecule is NNC(=O)c1cnc(NCc2ccc(C(F)(F)F)cc2)nc1. The van der Waals surface area contributed by atoms with Gasteiger partial charge in [-0.1, -0.05) is 12.1 Å². The number of nitrogen functional groups attached to an aromatic ring is 1. The summed E-state index contributed by atoms with van der Waals surface area (Å²) in [7, 11) is 0. The number of aromatic nitrogens is 2. The molecule has 0 bridgehead atoms. The number of nitrogens with one attached hydrogen (secondary N) is 2. The molecule has 0 saturated heterocycles. The van der Waals surface area contributed by atoms with Gasteiger partial charge in [0, 0.05) is 18.9 Å². The smallest absolute Gasteiger partial charge is 0.350 e. The number of carbonyl (C=O) groups is 1. The van der Waals surface area contributed by atoms with Crippen LogP contribution in [0.2, 0.25) is 0 Å². The number of nitrogens with zero attached hydrogens (tertiary/aromatic N) is 2. The van der Waals surface area contributed by atoms with E-state index in [1.54, 1.807) is 0 Å². The second kappa shape index (κ2) is 6.39. The first-order chi connectivity index (χ1) is 10.4. The molecule has 116 valence electrons. The van der Waals surface area contributed by atoms with Gasteiger partial charge < -0.3 is 5.32 Å². The molecule has 4 N–H and O–H groups in total. The summed E-state index contributed by atoms with van der Waals surface area (Å²) in [6.45, 7) is 0.251. The van der Waals surface area contributed by atoms with Crippen LogP contribution in [0.15, 0.2) is 36.7 Å². The Bertz CT molecular complexity index is 640. The Labute approximate surface area is 123 Å². The van der Waals surface area contributed by atoms with Gasteiger partial charge in [-0.2, -0.15) is 13.2 Å². The Morgan fingerprint density at radius 2 is 1.73 bits per heavy atom. The zero-order valence-electron chi connectivity index (χ0n) is 11.2. The number of amides is 1. The summed E-state index contributed by atoms with van der Waals surface area (Å²) in [5.41, 5.74) is 2.08. The lowest BCUT2D eigenvalue weighted by Gasteiger charge is -2.08. The molecule has 0 fully saturated rings. The van der Waals surface area contributed by atoms with Gasteiger partial charge >= 0.3 is 6.18 Å². The average Bonchev–Trinajstić information content (AvgIpc) is 2.52. The number of alkyl halides is 3. The maximum atomic E-state index is 12.4. The highest BCUT2D eigenvalue weighted by Gasteiger charge is 2.29. The van der Waals surface area contributed by atoms with E-state index in [9.17, 15) is 18.0 Å². The summed E-state index contributed by atoms with van der Waals surface area (Å²) in [6.07, 6.45) is -1.79. The summed E-state index contributed by atoms with van der Waals surface area (Å²) in [6, 6.07) is 4.75. The third-order valence-electron chi connectivity index (χ3n) is 2.78. The van der Waals surface area contributed by atoms with Crippen LogP contribution in [0.1, 0.15) is 21.5 Å². The van der Waals surface area contributed by atoms with Gasteiger partial charge in [0.1, 0.15) is 0 Å². The van der Waals surface area contributed by atoms with Gasteiger partial charge in [0.2, 0.25) is 5.95 Å². The molecule has 0 saturated carbocycles. The molecule has 0 aliphatic rings. The fraction of sp³-hybridized carbons (Fsp3) is 0.154. The first kappa shape index (κ1) is 15.7. The number of hydrogen-bond donors (Lipinski definition) is 3. The van der Waals surface area contributed by atoms with E-state index in [1.807, 2.05) is 5.43 Å². The van der Waals surface area contributed by atoms with Crippen LogP contribution in [-0.4, -0.2) is 15.9 Å². The molecule has 0 spiro atoms. The van der Waals surface area contributed by atoms with Crippen molar-refractivity contribution in [2.45, 2.75) is 12.7 Å². The predicted molar refractivity (Wildman–Crippen MR) is 72.5 cm³/mol. The number of anilines is 1. The molecule has 1 aromatic heterocycles. The zero-order valence-corrected chi connectivity index (χ0v) is 11.2. The van der Waals surface area contributed by atoms with Crippen molar-refractivity contribution in [3.8, 4) is 0 Å². The van der Waals surface area contributed by atoms with Crippen molar-refractivity contribution < 1.29 is 18.0 Å². The van der Waals surface area contributed by atoms with E-state index in [4.69, 9.17) is 5.84 Å². The van der Waals surface area contributed by atoms with Crippen molar-refractivity contribution in [2.75, 3.05) is 5.32 Å². The minimum atomic E-state index is -4.35. The van der Waals surface area contributed by atoms with Gasteiger partial charge in [-0.25, -0.2) is 15.8 Å². The van der Waals surface area contributed by atoms with Crippen molar-refractivity contribution in [3.63, 3.8) is 0 Å². The summed E-state index contributed by atoms with van der Waals surface area (Å²) in [5.74, 6) is 4.69. The molecule has 9 heteroatoms. The fourth-order valence-corrected chi connectivity index (χ4v) is 1.61. The largest absolute Gasteiger partial charge is 0.416 e. The van der Waals surface area contributed by atoms with Gasteiger partial charge in [-0.3, -0.25) is 10.2 Å².